The van der Waals surface area contributed by atoms with E-state index in [9.17, 15) is 4.79 Å². The third-order valence-electron chi connectivity index (χ3n) is 3.71. The first-order valence-electron chi connectivity index (χ1n) is 6.60. The molecule has 1 aliphatic rings. The quantitative estimate of drug-likeness (QED) is 0.860. The van der Waals surface area contributed by atoms with Gasteiger partial charge in [-0.05, 0) is 31.4 Å². The minimum absolute atomic E-state index is 0.0423. The van der Waals surface area contributed by atoms with Crippen LogP contribution >= 0.6 is 0 Å². The van der Waals surface area contributed by atoms with Gasteiger partial charge in [0.2, 0.25) is 0 Å². The molecule has 100 valence electrons. The number of fused-ring (bicyclic) bond motifs is 1. The van der Waals surface area contributed by atoms with Crippen LogP contribution < -0.4 is 5.73 Å². The summed E-state index contributed by atoms with van der Waals surface area (Å²) in [6.45, 7) is 1.32. The Morgan fingerprint density at radius 3 is 3.21 bits per heavy atom. The topological polar surface area (TPSA) is 76.5 Å². The fourth-order valence-electron chi connectivity index (χ4n) is 2.63. The van der Waals surface area contributed by atoms with E-state index in [1.165, 1.54) is 0 Å². The molecule has 0 saturated carbocycles. The molecule has 1 aliphatic heterocycles. The largest absolute Gasteiger partial charge is 0.334 e. The molecule has 2 aromatic heterocycles. The first-order chi connectivity index (χ1) is 9.29. The van der Waals surface area contributed by atoms with Crippen LogP contribution in [0.3, 0.4) is 0 Å². The SMILES string of the molecule is NCC1CCCCN1C(=O)c1ccn2cnnc2c1. The van der Waals surface area contributed by atoms with Crippen molar-refractivity contribution in [3.63, 3.8) is 0 Å². The lowest BCUT2D eigenvalue weighted by molar-refractivity contribution is 0.0623. The molecule has 0 spiro atoms. The van der Waals surface area contributed by atoms with Crippen LogP contribution in [0.25, 0.3) is 5.65 Å². The van der Waals surface area contributed by atoms with E-state index in [4.69, 9.17) is 5.73 Å². The number of carbonyl (C=O) groups is 1. The highest BCUT2D eigenvalue weighted by Crippen LogP contribution is 2.19. The summed E-state index contributed by atoms with van der Waals surface area (Å²) in [5.74, 6) is 0.0423. The zero-order valence-electron chi connectivity index (χ0n) is 10.7. The molecule has 0 bridgehead atoms. The van der Waals surface area contributed by atoms with Crippen LogP contribution in [0.2, 0.25) is 0 Å². The third kappa shape index (κ3) is 2.19. The first-order valence-corrected chi connectivity index (χ1v) is 6.60. The number of nitrogens with zero attached hydrogens (tertiary/aromatic N) is 4. The van der Waals surface area contributed by atoms with Gasteiger partial charge in [-0.1, -0.05) is 0 Å². The number of carbonyl (C=O) groups excluding carboxylic acids is 1. The third-order valence-corrected chi connectivity index (χ3v) is 3.71. The molecule has 19 heavy (non-hydrogen) atoms. The van der Waals surface area contributed by atoms with E-state index in [-0.39, 0.29) is 11.9 Å². The number of rotatable bonds is 2. The predicted octanol–water partition coefficient (Wildman–Crippen LogP) is 0.683. The Morgan fingerprint density at radius 1 is 1.47 bits per heavy atom. The summed E-state index contributed by atoms with van der Waals surface area (Å²) in [5, 5.41) is 7.78. The number of likely N-dealkylation sites (tertiary alicyclic amines) is 1. The molecule has 6 heteroatoms. The fraction of sp³-hybridized carbons (Fsp3) is 0.462. The highest BCUT2D eigenvalue weighted by Gasteiger charge is 2.26. The molecule has 1 unspecified atom stereocenters. The van der Waals surface area contributed by atoms with Crippen molar-refractivity contribution >= 4 is 11.6 Å². The first kappa shape index (κ1) is 12.1. The second kappa shape index (κ2) is 4.97. The summed E-state index contributed by atoms with van der Waals surface area (Å²) in [4.78, 5) is 14.4. The fourth-order valence-corrected chi connectivity index (χ4v) is 2.63. The lowest BCUT2D eigenvalue weighted by Crippen LogP contribution is -2.47. The molecule has 3 heterocycles. The minimum atomic E-state index is 0.0423. The minimum Gasteiger partial charge on any atom is -0.334 e. The van der Waals surface area contributed by atoms with Gasteiger partial charge in [0.25, 0.3) is 5.91 Å². The normalized spacial score (nSPS) is 19.8. The van der Waals surface area contributed by atoms with Gasteiger partial charge in [-0.3, -0.25) is 9.20 Å². The van der Waals surface area contributed by atoms with Crippen LogP contribution in [0.4, 0.5) is 0 Å². The van der Waals surface area contributed by atoms with Gasteiger partial charge in [0, 0.05) is 30.9 Å². The summed E-state index contributed by atoms with van der Waals surface area (Å²) in [6.07, 6.45) is 6.62. The summed E-state index contributed by atoms with van der Waals surface area (Å²) in [5.41, 5.74) is 7.10. The van der Waals surface area contributed by atoms with Gasteiger partial charge in [0.1, 0.15) is 6.33 Å². The van der Waals surface area contributed by atoms with E-state index in [1.54, 1.807) is 22.9 Å². The number of amides is 1. The van der Waals surface area contributed by atoms with Crippen molar-refractivity contribution in [1.29, 1.82) is 0 Å². The van der Waals surface area contributed by atoms with Crippen molar-refractivity contribution in [3.05, 3.63) is 30.2 Å². The Bertz CT molecular complexity index is 593. The molecule has 0 aliphatic carbocycles. The molecule has 1 atom stereocenters. The average molecular weight is 259 g/mol. The number of hydrogen-bond donors (Lipinski definition) is 1. The number of hydrogen-bond acceptors (Lipinski definition) is 4. The van der Waals surface area contributed by atoms with E-state index in [2.05, 4.69) is 10.2 Å². The molecular weight excluding hydrogens is 242 g/mol. The lowest BCUT2D eigenvalue weighted by Gasteiger charge is -2.35. The predicted molar refractivity (Wildman–Crippen MR) is 70.7 cm³/mol. The Labute approximate surface area is 111 Å². The van der Waals surface area contributed by atoms with Gasteiger partial charge in [0.15, 0.2) is 5.65 Å². The van der Waals surface area contributed by atoms with Crippen LogP contribution in [-0.2, 0) is 0 Å². The van der Waals surface area contributed by atoms with Gasteiger partial charge in [-0.2, -0.15) is 0 Å². The summed E-state index contributed by atoms with van der Waals surface area (Å²) < 4.78 is 1.79. The van der Waals surface area contributed by atoms with Crippen molar-refractivity contribution in [1.82, 2.24) is 19.5 Å². The smallest absolute Gasteiger partial charge is 0.254 e. The standard InChI is InChI=1S/C13H17N5O/c14-8-11-3-1-2-5-18(11)13(19)10-4-6-17-9-15-16-12(17)7-10/h4,6-7,9,11H,1-3,5,8,14H2. The van der Waals surface area contributed by atoms with Gasteiger partial charge in [-0.15, -0.1) is 10.2 Å². The summed E-state index contributed by atoms with van der Waals surface area (Å²) in [7, 11) is 0. The number of piperidine rings is 1. The van der Waals surface area contributed by atoms with E-state index in [0.717, 1.165) is 25.8 Å². The van der Waals surface area contributed by atoms with Crippen molar-refractivity contribution in [2.45, 2.75) is 25.3 Å². The van der Waals surface area contributed by atoms with Gasteiger partial charge in [-0.25, -0.2) is 0 Å². The van der Waals surface area contributed by atoms with Crippen molar-refractivity contribution in [3.8, 4) is 0 Å². The maximum Gasteiger partial charge on any atom is 0.254 e. The second-order valence-corrected chi connectivity index (χ2v) is 4.90. The molecule has 3 rings (SSSR count). The molecule has 0 radical (unpaired) electrons. The monoisotopic (exact) mass is 259 g/mol. The van der Waals surface area contributed by atoms with Crippen LogP contribution in [0.1, 0.15) is 29.6 Å². The summed E-state index contributed by atoms with van der Waals surface area (Å²) >= 11 is 0. The number of nitrogens with two attached hydrogens (primary N) is 1. The molecule has 1 saturated heterocycles. The van der Waals surface area contributed by atoms with Gasteiger partial charge in [0.05, 0.1) is 0 Å². The second-order valence-electron chi connectivity index (χ2n) is 4.90. The molecule has 6 nitrogen and oxygen atoms in total. The molecule has 2 N–H and O–H groups in total. The van der Waals surface area contributed by atoms with Gasteiger partial charge >= 0.3 is 0 Å². The Balaban J connectivity index is 1.89. The Hall–Kier alpha value is -1.95. The average Bonchev–Trinajstić information content (AvgIpc) is 2.93. The molecule has 0 aromatic carbocycles. The Morgan fingerprint density at radius 2 is 2.37 bits per heavy atom. The van der Waals surface area contributed by atoms with Crippen LogP contribution in [-0.4, -0.2) is 44.5 Å². The van der Waals surface area contributed by atoms with E-state index in [1.807, 2.05) is 11.1 Å². The van der Waals surface area contributed by atoms with Crippen LogP contribution in [0, 0.1) is 0 Å². The Kier molecular flexibility index (Phi) is 3.16. The molecule has 2 aromatic rings. The van der Waals surface area contributed by atoms with Crippen molar-refractivity contribution in [2.75, 3.05) is 13.1 Å². The number of pyridine rings is 1. The highest BCUT2D eigenvalue weighted by atomic mass is 16.2. The van der Waals surface area contributed by atoms with Crippen molar-refractivity contribution < 1.29 is 4.79 Å². The molecular formula is C13H17N5O. The van der Waals surface area contributed by atoms with E-state index in [0.29, 0.717) is 17.8 Å². The maximum atomic E-state index is 12.5. The van der Waals surface area contributed by atoms with Crippen molar-refractivity contribution in [2.24, 2.45) is 5.73 Å². The highest BCUT2D eigenvalue weighted by molar-refractivity contribution is 5.95. The number of aromatic nitrogens is 3. The molecule has 1 amide bonds. The van der Waals surface area contributed by atoms with E-state index >= 15 is 0 Å². The van der Waals surface area contributed by atoms with E-state index < -0.39 is 0 Å². The van der Waals surface area contributed by atoms with Gasteiger partial charge < -0.3 is 10.6 Å². The lowest BCUT2D eigenvalue weighted by atomic mass is 10.0. The van der Waals surface area contributed by atoms with Crippen LogP contribution in [0.5, 0.6) is 0 Å². The summed E-state index contributed by atoms with van der Waals surface area (Å²) in [6, 6.07) is 3.74. The zero-order valence-corrected chi connectivity index (χ0v) is 10.7. The molecule has 1 fully saturated rings. The maximum absolute atomic E-state index is 12.5. The zero-order chi connectivity index (χ0) is 13.2. The van der Waals surface area contributed by atoms with Crippen LogP contribution in [0.15, 0.2) is 24.7 Å².